The molecule has 0 unspecified atom stereocenters. The monoisotopic (exact) mass is 266 g/mol. The first kappa shape index (κ1) is 12.3. The van der Waals surface area contributed by atoms with Crippen molar-refractivity contribution in [1.29, 1.82) is 0 Å². The first-order chi connectivity index (χ1) is 8.06. The predicted octanol–water partition coefficient (Wildman–Crippen LogP) is 3.93. The maximum Gasteiger partial charge on any atom is 0.0931 e. The standard InChI is InChI=1S/C13H15ClN2S/c1-9-7-10(15)3-5-12(9)16(2)8-11-4-6-13(14)17-11/h3-7H,8,15H2,1-2H3. The van der Waals surface area contributed by atoms with Crippen LogP contribution in [0.3, 0.4) is 0 Å². The summed E-state index contributed by atoms with van der Waals surface area (Å²) in [4.78, 5) is 3.46. The minimum absolute atomic E-state index is 0.804. The third-order valence-corrected chi connectivity index (χ3v) is 3.87. The second kappa shape index (κ2) is 4.98. The number of halogens is 1. The number of nitrogen functional groups attached to an aromatic ring is 1. The van der Waals surface area contributed by atoms with E-state index in [9.17, 15) is 0 Å². The van der Waals surface area contributed by atoms with Gasteiger partial charge >= 0.3 is 0 Å². The normalized spacial score (nSPS) is 10.5. The van der Waals surface area contributed by atoms with E-state index in [0.717, 1.165) is 16.6 Å². The molecule has 0 radical (unpaired) electrons. The summed E-state index contributed by atoms with van der Waals surface area (Å²) in [6, 6.07) is 9.98. The Morgan fingerprint density at radius 2 is 2.06 bits per heavy atom. The Bertz CT molecular complexity index is 522. The number of rotatable bonds is 3. The Morgan fingerprint density at radius 3 is 2.65 bits per heavy atom. The highest BCUT2D eigenvalue weighted by Crippen LogP contribution is 2.26. The number of benzene rings is 1. The van der Waals surface area contributed by atoms with Crippen LogP contribution in [0.25, 0.3) is 0 Å². The van der Waals surface area contributed by atoms with E-state index in [0.29, 0.717) is 0 Å². The third kappa shape index (κ3) is 2.93. The zero-order valence-corrected chi connectivity index (χ0v) is 11.5. The fourth-order valence-electron chi connectivity index (χ4n) is 1.86. The van der Waals surface area contributed by atoms with Crippen molar-refractivity contribution in [2.24, 2.45) is 0 Å². The molecule has 0 atom stereocenters. The van der Waals surface area contributed by atoms with Crippen LogP contribution in [0.15, 0.2) is 30.3 Å². The number of anilines is 2. The van der Waals surface area contributed by atoms with Gasteiger partial charge in [0.2, 0.25) is 0 Å². The van der Waals surface area contributed by atoms with E-state index in [-0.39, 0.29) is 0 Å². The topological polar surface area (TPSA) is 29.3 Å². The van der Waals surface area contributed by atoms with Crippen LogP contribution in [0.2, 0.25) is 4.34 Å². The Morgan fingerprint density at radius 1 is 1.29 bits per heavy atom. The number of hydrogen-bond donors (Lipinski definition) is 1. The fourth-order valence-corrected chi connectivity index (χ4v) is 3.00. The van der Waals surface area contributed by atoms with Crippen molar-refractivity contribution in [3.63, 3.8) is 0 Å². The lowest BCUT2D eigenvalue weighted by Crippen LogP contribution is -2.16. The molecule has 2 N–H and O–H groups in total. The third-order valence-electron chi connectivity index (χ3n) is 2.65. The van der Waals surface area contributed by atoms with E-state index in [1.54, 1.807) is 11.3 Å². The summed E-state index contributed by atoms with van der Waals surface area (Å²) in [5.41, 5.74) is 8.94. The van der Waals surface area contributed by atoms with Gasteiger partial charge in [0.1, 0.15) is 0 Å². The molecule has 2 rings (SSSR count). The molecule has 0 amide bonds. The van der Waals surface area contributed by atoms with Gasteiger partial charge in [0.25, 0.3) is 0 Å². The summed E-state index contributed by atoms with van der Waals surface area (Å²) in [6.07, 6.45) is 0. The average Bonchev–Trinajstić information content (AvgIpc) is 2.63. The van der Waals surface area contributed by atoms with Gasteiger partial charge in [0.15, 0.2) is 0 Å². The molecule has 2 aromatic rings. The Hall–Kier alpha value is -1.19. The molecule has 0 spiro atoms. The zero-order chi connectivity index (χ0) is 12.4. The van der Waals surface area contributed by atoms with Crippen LogP contribution in [0, 0.1) is 6.92 Å². The Labute approximate surface area is 111 Å². The lowest BCUT2D eigenvalue weighted by molar-refractivity contribution is 0.934. The average molecular weight is 267 g/mol. The van der Waals surface area contributed by atoms with Crippen LogP contribution >= 0.6 is 22.9 Å². The number of aryl methyl sites for hydroxylation is 1. The molecule has 0 aliphatic heterocycles. The van der Waals surface area contributed by atoms with Crippen molar-refractivity contribution in [1.82, 2.24) is 0 Å². The number of hydrogen-bond acceptors (Lipinski definition) is 3. The van der Waals surface area contributed by atoms with Crippen molar-refractivity contribution in [2.45, 2.75) is 13.5 Å². The highest BCUT2D eigenvalue weighted by atomic mass is 35.5. The highest BCUT2D eigenvalue weighted by Gasteiger charge is 2.07. The minimum atomic E-state index is 0.804. The molecule has 2 nitrogen and oxygen atoms in total. The molecule has 0 aliphatic rings. The van der Waals surface area contributed by atoms with Crippen LogP contribution in [0.5, 0.6) is 0 Å². The molecule has 0 aliphatic carbocycles. The minimum Gasteiger partial charge on any atom is -0.399 e. The summed E-state index contributed by atoms with van der Waals surface area (Å²) in [5.74, 6) is 0. The second-order valence-electron chi connectivity index (χ2n) is 4.11. The first-order valence-electron chi connectivity index (χ1n) is 5.38. The van der Waals surface area contributed by atoms with E-state index >= 15 is 0 Å². The lowest BCUT2D eigenvalue weighted by Gasteiger charge is -2.21. The molecule has 1 heterocycles. The van der Waals surface area contributed by atoms with Gasteiger partial charge in [0, 0.05) is 23.3 Å². The Balaban J connectivity index is 2.17. The van der Waals surface area contributed by atoms with Gasteiger partial charge in [-0.25, -0.2) is 0 Å². The number of thiophene rings is 1. The van der Waals surface area contributed by atoms with Crippen LogP contribution in [0.4, 0.5) is 11.4 Å². The van der Waals surface area contributed by atoms with Gasteiger partial charge in [0.05, 0.1) is 10.9 Å². The highest BCUT2D eigenvalue weighted by molar-refractivity contribution is 7.16. The van der Waals surface area contributed by atoms with Gasteiger partial charge in [-0.15, -0.1) is 11.3 Å². The van der Waals surface area contributed by atoms with Gasteiger partial charge < -0.3 is 10.6 Å². The van der Waals surface area contributed by atoms with E-state index in [1.807, 2.05) is 18.2 Å². The second-order valence-corrected chi connectivity index (χ2v) is 5.91. The van der Waals surface area contributed by atoms with Crippen molar-refractivity contribution in [3.05, 3.63) is 45.1 Å². The molecule has 17 heavy (non-hydrogen) atoms. The number of nitrogens with two attached hydrogens (primary N) is 1. The zero-order valence-electron chi connectivity index (χ0n) is 9.90. The Kier molecular flexibility index (Phi) is 3.60. The predicted molar refractivity (Wildman–Crippen MR) is 77.0 cm³/mol. The molecule has 0 fully saturated rings. The quantitative estimate of drug-likeness (QED) is 0.853. The summed E-state index contributed by atoms with van der Waals surface area (Å²) in [6.45, 7) is 2.94. The van der Waals surface area contributed by atoms with Gasteiger partial charge in [-0.2, -0.15) is 0 Å². The van der Waals surface area contributed by atoms with Crippen molar-refractivity contribution >= 4 is 34.3 Å². The van der Waals surface area contributed by atoms with Crippen LogP contribution < -0.4 is 10.6 Å². The fraction of sp³-hybridized carbons (Fsp3) is 0.231. The summed E-state index contributed by atoms with van der Waals surface area (Å²) < 4.78 is 0.836. The van der Waals surface area contributed by atoms with Crippen LogP contribution in [0.1, 0.15) is 10.4 Å². The maximum absolute atomic E-state index is 5.93. The van der Waals surface area contributed by atoms with Gasteiger partial charge in [-0.05, 0) is 42.8 Å². The maximum atomic E-state index is 5.93. The largest absolute Gasteiger partial charge is 0.399 e. The molecule has 0 saturated heterocycles. The van der Waals surface area contributed by atoms with Crippen LogP contribution in [-0.2, 0) is 6.54 Å². The number of nitrogens with zero attached hydrogens (tertiary/aromatic N) is 1. The van der Waals surface area contributed by atoms with E-state index in [1.165, 1.54) is 16.1 Å². The first-order valence-corrected chi connectivity index (χ1v) is 6.57. The smallest absolute Gasteiger partial charge is 0.0931 e. The molecular weight excluding hydrogens is 252 g/mol. The van der Waals surface area contributed by atoms with Crippen LogP contribution in [-0.4, -0.2) is 7.05 Å². The summed E-state index contributed by atoms with van der Waals surface area (Å²) in [7, 11) is 2.08. The molecular formula is C13H15ClN2S. The summed E-state index contributed by atoms with van der Waals surface area (Å²) >= 11 is 7.54. The SMILES string of the molecule is Cc1cc(N)ccc1N(C)Cc1ccc(Cl)s1. The van der Waals surface area contributed by atoms with E-state index in [4.69, 9.17) is 17.3 Å². The molecule has 90 valence electrons. The van der Waals surface area contributed by atoms with Crippen molar-refractivity contribution < 1.29 is 0 Å². The van der Waals surface area contributed by atoms with E-state index in [2.05, 4.69) is 31.0 Å². The summed E-state index contributed by atoms with van der Waals surface area (Å²) in [5, 5.41) is 0. The molecule has 1 aromatic carbocycles. The molecule has 0 saturated carbocycles. The lowest BCUT2D eigenvalue weighted by atomic mass is 10.1. The molecule has 0 bridgehead atoms. The molecule has 4 heteroatoms. The molecule has 1 aromatic heterocycles. The van der Waals surface area contributed by atoms with Gasteiger partial charge in [-0.3, -0.25) is 0 Å². The van der Waals surface area contributed by atoms with Crippen molar-refractivity contribution in [3.8, 4) is 0 Å². The van der Waals surface area contributed by atoms with Gasteiger partial charge in [-0.1, -0.05) is 11.6 Å². The van der Waals surface area contributed by atoms with Crippen molar-refractivity contribution in [2.75, 3.05) is 17.7 Å². The van der Waals surface area contributed by atoms with E-state index < -0.39 is 0 Å².